The van der Waals surface area contributed by atoms with Gasteiger partial charge in [-0.25, -0.2) is 9.97 Å². The largest absolute Gasteiger partial charge is 0.489 e. The molecule has 0 amide bonds. The molecule has 4 rings (SSSR count). The van der Waals surface area contributed by atoms with Crippen molar-refractivity contribution < 1.29 is 54.2 Å². The van der Waals surface area contributed by atoms with Gasteiger partial charge in [0.05, 0.1) is 41.7 Å². The third kappa shape index (κ3) is 11.5. The van der Waals surface area contributed by atoms with Crippen molar-refractivity contribution in [2.45, 2.75) is 77.1 Å². The molecule has 1 aromatic heterocycles. The van der Waals surface area contributed by atoms with E-state index in [1.165, 1.54) is 42.0 Å². The Labute approximate surface area is 305 Å². The Hall–Kier alpha value is -3.89. The van der Waals surface area contributed by atoms with E-state index in [4.69, 9.17) is 4.74 Å². The van der Waals surface area contributed by atoms with Gasteiger partial charge in [0.25, 0.3) is 0 Å². The Balaban J connectivity index is 1.80. The van der Waals surface area contributed by atoms with Crippen LogP contribution in [0.25, 0.3) is 0 Å². The van der Waals surface area contributed by atoms with Crippen LogP contribution in [0.5, 0.6) is 5.75 Å². The van der Waals surface area contributed by atoms with Gasteiger partial charge in [-0.3, -0.25) is 4.79 Å². The number of alkyl halides is 9. The molecular weight excluding hydrogens is 739 g/mol. The van der Waals surface area contributed by atoms with Gasteiger partial charge < -0.3 is 19.6 Å². The van der Waals surface area contributed by atoms with Crippen LogP contribution in [0.1, 0.15) is 79.8 Å². The van der Waals surface area contributed by atoms with Crippen molar-refractivity contribution in [2.24, 2.45) is 11.8 Å². The Morgan fingerprint density at radius 3 is 1.96 bits per heavy atom. The van der Waals surface area contributed by atoms with Crippen molar-refractivity contribution >= 4 is 29.4 Å². The predicted molar refractivity (Wildman–Crippen MR) is 184 cm³/mol. The van der Waals surface area contributed by atoms with Crippen molar-refractivity contribution in [1.82, 2.24) is 9.97 Å². The van der Waals surface area contributed by atoms with Gasteiger partial charge in [-0.05, 0) is 105 Å². The van der Waals surface area contributed by atoms with Crippen LogP contribution < -0.4 is 14.5 Å². The van der Waals surface area contributed by atoms with Crippen LogP contribution in [0.3, 0.4) is 0 Å². The molecule has 53 heavy (non-hydrogen) atoms. The fourth-order valence-electron chi connectivity index (χ4n) is 6.51. The number of benzene rings is 2. The number of rotatable bonds is 15. The number of carboxylic acid groups (broad SMARTS) is 1. The second-order valence-corrected chi connectivity index (χ2v) is 14.1. The van der Waals surface area contributed by atoms with Crippen LogP contribution in [0.2, 0.25) is 0 Å². The van der Waals surface area contributed by atoms with Crippen LogP contribution in [-0.4, -0.2) is 52.7 Å². The molecule has 1 heterocycles. The lowest BCUT2D eigenvalue weighted by Gasteiger charge is -2.36. The zero-order valence-corrected chi connectivity index (χ0v) is 30.1. The van der Waals surface area contributed by atoms with Crippen molar-refractivity contribution in [3.05, 3.63) is 76.6 Å². The van der Waals surface area contributed by atoms with Gasteiger partial charge >= 0.3 is 24.5 Å². The van der Waals surface area contributed by atoms with Gasteiger partial charge in [0.2, 0.25) is 5.95 Å². The van der Waals surface area contributed by atoms with Crippen LogP contribution >= 0.6 is 11.8 Å². The fourth-order valence-corrected chi connectivity index (χ4v) is 6.76. The van der Waals surface area contributed by atoms with Crippen LogP contribution in [0, 0.1) is 11.8 Å². The number of carboxylic acids is 1. The van der Waals surface area contributed by atoms with Crippen molar-refractivity contribution in [2.75, 3.05) is 41.5 Å². The van der Waals surface area contributed by atoms with Crippen molar-refractivity contribution in [3.63, 3.8) is 0 Å². The number of aliphatic carboxylic acids is 1. The first-order valence-electron chi connectivity index (χ1n) is 17.0. The van der Waals surface area contributed by atoms with Gasteiger partial charge in [-0.2, -0.15) is 51.3 Å². The number of thioether (sulfide) groups is 1. The SMILES string of the molecule is CCN(C[C@H]1CC[C@H](CC(=O)O)CC1)c1ccc(C(F)(F)F)cc1CN(c1ncc(OCCSC)cn1)C(C)c1cc(C(F)(F)F)cc(C(F)(F)F)c1. The highest BCUT2D eigenvalue weighted by molar-refractivity contribution is 7.98. The molecule has 1 fully saturated rings. The number of aromatic nitrogens is 2. The molecule has 0 bridgehead atoms. The molecule has 1 N–H and O–H groups in total. The van der Waals surface area contributed by atoms with E-state index in [-0.39, 0.29) is 41.6 Å². The topological polar surface area (TPSA) is 78.8 Å². The summed E-state index contributed by atoms with van der Waals surface area (Å²) < 4.78 is 131. The summed E-state index contributed by atoms with van der Waals surface area (Å²) in [5.74, 6) is -0.0200. The summed E-state index contributed by atoms with van der Waals surface area (Å²) in [5, 5.41) is 9.19. The van der Waals surface area contributed by atoms with E-state index >= 15 is 0 Å². The number of nitrogens with zero attached hydrogens (tertiary/aromatic N) is 4. The minimum atomic E-state index is -5.13. The van der Waals surface area contributed by atoms with Gasteiger partial charge in [-0.15, -0.1) is 0 Å². The minimum Gasteiger partial charge on any atom is -0.489 e. The van der Waals surface area contributed by atoms with E-state index in [1.54, 1.807) is 0 Å². The smallest absolute Gasteiger partial charge is 0.416 e. The molecule has 17 heteroatoms. The first-order chi connectivity index (χ1) is 24.8. The van der Waals surface area contributed by atoms with Gasteiger partial charge in [0.15, 0.2) is 5.75 Å². The molecule has 7 nitrogen and oxygen atoms in total. The number of hydrogen-bond donors (Lipinski definition) is 1. The normalized spacial score (nSPS) is 17.4. The first kappa shape index (κ1) is 41.9. The van der Waals surface area contributed by atoms with Crippen LogP contribution in [-0.2, 0) is 29.9 Å². The Bertz CT molecular complexity index is 1630. The summed E-state index contributed by atoms with van der Waals surface area (Å²) in [6.07, 6.45) is -7.74. The molecule has 1 atom stereocenters. The number of halogens is 9. The van der Waals surface area contributed by atoms with Crippen LogP contribution in [0.15, 0.2) is 48.8 Å². The van der Waals surface area contributed by atoms with E-state index in [2.05, 4.69) is 9.97 Å². The molecule has 1 aliphatic rings. The van der Waals surface area contributed by atoms with E-state index in [9.17, 15) is 49.4 Å². The molecule has 1 aliphatic carbocycles. The molecule has 292 valence electrons. The Kier molecular flexibility index (Phi) is 13.8. The summed E-state index contributed by atoms with van der Waals surface area (Å²) in [6, 6.07) is 3.04. The quantitative estimate of drug-likeness (QED) is 0.121. The van der Waals surface area contributed by atoms with Gasteiger partial charge in [0.1, 0.15) is 0 Å². The van der Waals surface area contributed by atoms with Crippen molar-refractivity contribution in [3.8, 4) is 5.75 Å². The Morgan fingerprint density at radius 2 is 1.45 bits per heavy atom. The first-order valence-corrected chi connectivity index (χ1v) is 18.4. The molecule has 0 radical (unpaired) electrons. The lowest BCUT2D eigenvalue weighted by Crippen LogP contribution is -2.34. The highest BCUT2D eigenvalue weighted by atomic mass is 32.2. The average Bonchev–Trinajstić information content (AvgIpc) is 3.09. The van der Waals surface area contributed by atoms with E-state index < -0.39 is 59.3 Å². The molecule has 3 aromatic rings. The highest BCUT2D eigenvalue weighted by Crippen LogP contribution is 2.41. The molecule has 0 aliphatic heterocycles. The van der Waals surface area contributed by atoms with E-state index in [0.29, 0.717) is 69.0 Å². The maximum Gasteiger partial charge on any atom is 0.416 e. The molecule has 1 saturated carbocycles. The van der Waals surface area contributed by atoms with E-state index in [1.807, 2.05) is 18.1 Å². The second kappa shape index (κ2) is 17.5. The highest BCUT2D eigenvalue weighted by Gasteiger charge is 2.38. The summed E-state index contributed by atoms with van der Waals surface area (Å²) in [7, 11) is 0. The number of ether oxygens (including phenoxy) is 1. The molecule has 0 saturated heterocycles. The molecule has 0 spiro atoms. The monoisotopic (exact) mass is 780 g/mol. The minimum absolute atomic E-state index is 0.0109. The van der Waals surface area contributed by atoms with Crippen LogP contribution in [0.4, 0.5) is 51.1 Å². The molecule has 1 unspecified atom stereocenters. The number of hydrogen-bond acceptors (Lipinski definition) is 7. The summed E-state index contributed by atoms with van der Waals surface area (Å²) in [4.78, 5) is 22.9. The summed E-state index contributed by atoms with van der Waals surface area (Å²) in [5.41, 5.74) is -3.99. The zero-order valence-electron chi connectivity index (χ0n) is 29.3. The van der Waals surface area contributed by atoms with Gasteiger partial charge in [-0.1, -0.05) is 0 Å². The lowest BCUT2D eigenvalue weighted by atomic mass is 9.80. The van der Waals surface area contributed by atoms with E-state index in [0.717, 1.165) is 12.1 Å². The third-order valence-electron chi connectivity index (χ3n) is 9.37. The lowest BCUT2D eigenvalue weighted by molar-refractivity contribution is -0.143. The summed E-state index contributed by atoms with van der Waals surface area (Å²) in [6.45, 7) is 3.83. The second-order valence-electron chi connectivity index (χ2n) is 13.1. The molecular formula is C36H41F9N4O3S. The molecule has 2 aromatic carbocycles. The zero-order chi connectivity index (χ0) is 39.1. The maximum atomic E-state index is 14.1. The average molecular weight is 781 g/mol. The number of anilines is 2. The number of carbonyl (C=O) groups is 1. The summed E-state index contributed by atoms with van der Waals surface area (Å²) >= 11 is 1.52. The third-order valence-corrected chi connectivity index (χ3v) is 9.94. The van der Waals surface area contributed by atoms with Crippen molar-refractivity contribution in [1.29, 1.82) is 0 Å². The standard InChI is InChI=1S/C36H41F9N4O3S/c1-4-48(20-24-7-5-23(6-8-24)13-32(50)51)31-10-9-27(34(37,38)39)16-26(31)21-49(33-46-18-30(19-47-33)52-11-12-53-3)22(2)25-14-28(35(40,41)42)17-29(15-25)36(43,44)45/h9-10,14-19,22-24H,4-8,11-13,20-21H2,1-3H3,(H,50,51)/t22?,23-,24-. The maximum absolute atomic E-state index is 14.1. The van der Waals surface area contributed by atoms with Gasteiger partial charge in [0, 0.05) is 37.5 Å². The fraction of sp³-hybridized carbons (Fsp3) is 0.528. The Morgan fingerprint density at radius 1 is 0.887 bits per heavy atom. The predicted octanol–water partition coefficient (Wildman–Crippen LogP) is 10.1.